The second-order valence-corrected chi connectivity index (χ2v) is 10.6. The molecule has 1 aliphatic carbocycles. The molecule has 4 heterocycles. The topological polar surface area (TPSA) is 87.5 Å². The van der Waals surface area contributed by atoms with E-state index < -0.39 is 0 Å². The molecule has 5 aliphatic rings. The van der Waals surface area contributed by atoms with Gasteiger partial charge in [0.15, 0.2) is 0 Å². The van der Waals surface area contributed by atoms with Gasteiger partial charge >= 0.3 is 6.03 Å². The number of nitrogens with zero attached hydrogens (tertiary/aromatic N) is 5. The number of amidine groups is 1. The van der Waals surface area contributed by atoms with Crippen molar-refractivity contribution in [2.24, 2.45) is 16.9 Å². The molecule has 0 aromatic carbocycles. The monoisotopic (exact) mass is 481 g/mol. The maximum atomic E-state index is 12.8. The van der Waals surface area contributed by atoms with Crippen molar-refractivity contribution in [1.82, 2.24) is 25.0 Å². The summed E-state index contributed by atoms with van der Waals surface area (Å²) < 4.78 is 5.58. The van der Waals surface area contributed by atoms with Crippen LogP contribution in [0.5, 0.6) is 0 Å². The summed E-state index contributed by atoms with van der Waals surface area (Å²) in [6.07, 6.45) is 11.6. The molecule has 0 spiro atoms. The van der Waals surface area contributed by atoms with Crippen LogP contribution in [0.2, 0.25) is 0 Å². The smallest absolute Gasteiger partial charge is 0.319 e. The number of carbonyl (C=O) groups is 1. The van der Waals surface area contributed by atoms with E-state index in [9.17, 15) is 10.2 Å². The minimum absolute atomic E-state index is 0.000647. The highest BCUT2D eigenvalue weighted by atomic mass is 16.5. The maximum Gasteiger partial charge on any atom is 0.319 e. The summed E-state index contributed by atoms with van der Waals surface area (Å²) in [6, 6.07) is 0.280. The van der Waals surface area contributed by atoms with Gasteiger partial charge in [-0.15, -0.1) is 0 Å². The number of amides is 2. The molecule has 1 fully saturated rings. The van der Waals surface area contributed by atoms with Crippen molar-refractivity contribution < 1.29 is 9.53 Å². The Morgan fingerprint density at radius 2 is 2.11 bits per heavy atom. The van der Waals surface area contributed by atoms with Crippen LogP contribution in [-0.4, -0.2) is 104 Å². The van der Waals surface area contributed by atoms with Crippen molar-refractivity contribution in [3.63, 3.8) is 0 Å². The van der Waals surface area contributed by atoms with E-state index in [1.54, 1.807) is 19.0 Å². The summed E-state index contributed by atoms with van der Waals surface area (Å²) in [6.45, 7) is 4.41. The molecule has 5 rings (SSSR count). The predicted molar refractivity (Wildman–Crippen MR) is 137 cm³/mol. The van der Waals surface area contributed by atoms with Crippen molar-refractivity contribution in [2.75, 3.05) is 60.5 Å². The molecule has 9 heteroatoms. The van der Waals surface area contributed by atoms with Crippen LogP contribution in [0, 0.1) is 17.2 Å². The van der Waals surface area contributed by atoms with E-state index in [4.69, 9.17) is 4.74 Å². The summed E-state index contributed by atoms with van der Waals surface area (Å²) in [4.78, 5) is 18.5. The van der Waals surface area contributed by atoms with Crippen molar-refractivity contribution in [3.8, 4) is 0 Å². The molecule has 1 saturated heterocycles. The largest absolute Gasteiger partial charge is 0.383 e. The second kappa shape index (κ2) is 10.0. The Labute approximate surface area is 208 Å². The van der Waals surface area contributed by atoms with Crippen molar-refractivity contribution in [2.45, 2.75) is 38.1 Å². The quantitative estimate of drug-likeness (QED) is 0.476. The molecule has 0 aromatic rings. The van der Waals surface area contributed by atoms with Crippen molar-refractivity contribution in [1.29, 1.82) is 5.41 Å². The molecule has 4 aliphatic heterocycles. The van der Waals surface area contributed by atoms with Crippen LogP contribution in [-0.2, 0) is 4.74 Å². The second-order valence-electron chi connectivity index (χ2n) is 10.6. The summed E-state index contributed by atoms with van der Waals surface area (Å²) in [5.74, 6) is 1.45. The van der Waals surface area contributed by atoms with Crippen molar-refractivity contribution >= 4 is 18.1 Å². The Morgan fingerprint density at radius 3 is 2.83 bits per heavy atom. The van der Waals surface area contributed by atoms with E-state index in [-0.39, 0.29) is 12.1 Å². The minimum atomic E-state index is 0.000647. The van der Waals surface area contributed by atoms with Crippen LogP contribution in [0.25, 0.3) is 0 Å². The van der Waals surface area contributed by atoms with E-state index in [0.29, 0.717) is 37.4 Å². The fraction of sp³-hybridized carbons (Fsp3) is 0.654. The highest BCUT2D eigenvalue weighted by molar-refractivity contribution is 5.99. The Morgan fingerprint density at radius 1 is 1.26 bits per heavy atom. The lowest BCUT2D eigenvalue weighted by Gasteiger charge is -2.40. The summed E-state index contributed by atoms with van der Waals surface area (Å²) in [5.41, 5.74) is 4.68. The van der Waals surface area contributed by atoms with Crippen LogP contribution >= 0.6 is 0 Å². The molecule has 0 bridgehead atoms. The summed E-state index contributed by atoms with van der Waals surface area (Å²) in [5, 5.41) is 19.5. The zero-order chi connectivity index (χ0) is 24.5. The molecule has 3 atom stereocenters. The maximum absolute atomic E-state index is 12.8. The van der Waals surface area contributed by atoms with Gasteiger partial charge in [-0.1, -0.05) is 6.08 Å². The molecular weight excluding hydrogens is 442 g/mol. The standard InChI is InChI=1S/C26H39N7O2/c1-30(2)26(34)32-11-8-23(29-21-9-12-35-17-21)22(16-32)25(27)33-10-4-5-19-13-18(6-7-24(19)33)20-14-28-31(3)15-20/h6-7,14,18,20-21,27,29H,4-5,8-13,15-17H2,1-3H3/t18?,20?,21-/m0/s1. The van der Waals surface area contributed by atoms with E-state index >= 15 is 0 Å². The molecule has 2 amide bonds. The van der Waals surface area contributed by atoms with Gasteiger partial charge in [0.05, 0.1) is 19.2 Å². The fourth-order valence-corrected chi connectivity index (χ4v) is 5.89. The van der Waals surface area contributed by atoms with Gasteiger partial charge in [-0.3, -0.25) is 10.4 Å². The zero-order valence-electron chi connectivity index (χ0n) is 21.3. The number of hydrazone groups is 1. The van der Waals surface area contributed by atoms with Gasteiger partial charge in [-0.25, -0.2) is 4.79 Å². The first-order valence-electron chi connectivity index (χ1n) is 12.9. The highest BCUT2D eigenvalue weighted by Gasteiger charge is 2.34. The Bertz CT molecular complexity index is 976. The van der Waals surface area contributed by atoms with Gasteiger partial charge in [0.2, 0.25) is 0 Å². The number of hydrogen-bond acceptors (Lipinski definition) is 6. The van der Waals surface area contributed by atoms with E-state index in [1.165, 1.54) is 11.3 Å². The number of carbonyl (C=O) groups excluding carboxylic acids is 1. The van der Waals surface area contributed by atoms with Crippen LogP contribution in [0.1, 0.15) is 32.1 Å². The average molecular weight is 482 g/mol. The van der Waals surface area contributed by atoms with Gasteiger partial charge in [-0.2, -0.15) is 5.10 Å². The van der Waals surface area contributed by atoms with E-state index in [0.717, 1.165) is 63.1 Å². The number of rotatable bonds is 4. The van der Waals surface area contributed by atoms with Gasteiger partial charge < -0.3 is 24.8 Å². The molecule has 0 radical (unpaired) electrons. The molecule has 2 N–H and O–H groups in total. The first kappa shape index (κ1) is 23.9. The Hall–Kier alpha value is -2.81. The van der Waals surface area contributed by atoms with E-state index in [2.05, 4.69) is 33.7 Å². The third-order valence-electron chi connectivity index (χ3n) is 7.84. The number of nitrogens with one attached hydrogen (secondary N) is 2. The molecular formula is C26H39N7O2. The minimum Gasteiger partial charge on any atom is -0.383 e. The average Bonchev–Trinajstić information content (AvgIpc) is 3.54. The number of allylic oxidation sites excluding steroid dienone is 3. The van der Waals surface area contributed by atoms with Crippen LogP contribution < -0.4 is 5.32 Å². The Kier molecular flexibility index (Phi) is 6.86. The lowest BCUT2D eigenvalue weighted by molar-refractivity contribution is 0.172. The molecule has 9 nitrogen and oxygen atoms in total. The first-order chi connectivity index (χ1) is 16.9. The molecule has 0 saturated carbocycles. The lowest BCUT2D eigenvalue weighted by atomic mass is 9.80. The van der Waals surface area contributed by atoms with Gasteiger partial charge in [-0.05, 0) is 43.3 Å². The number of urea groups is 1. The van der Waals surface area contributed by atoms with Gasteiger partial charge in [0.1, 0.15) is 5.84 Å². The zero-order valence-corrected chi connectivity index (χ0v) is 21.3. The molecule has 0 aromatic heterocycles. The van der Waals surface area contributed by atoms with Gasteiger partial charge in [0, 0.05) is 82.9 Å². The lowest BCUT2D eigenvalue weighted by Crippen LogP contribution is -2.48. The number of hydrogen-bond donors (Lipinski definition) is 2. The van der Waals surface area contributed by atoms with Crippen LogP contribution in [0.15, 0.2) is 39.8 Å². The Balaban J connectivity index is 1.38. The highest BCUT2D eigenvalue weighted by Crippen LogP contribution is 2.37. The first-order valence-corrected chi connectivity index (χ1v) is 12.9. The van der Waals surface area contributed by atoms with Gasteiger partial charge in [0.25, 0.3) is 0 Å². The van der Waals surface area contributed by atoms with Crippen LogP contribution in [0.3, 0.4) is 0 Å². The van der Waals surface area contributed by atoms with E-state index in [1.807, 2.05) is 17.0 Å². The molecule has 190 valence electrons. The third-order valence-corrected chi connectivity index (χ3v) is 7.84. The van der Waals surface area contributed by atoms with Crippen LogP contribution in [0.4, 0.5) is 4.79 Å². The summed E-state index contributed by atoms with van der Waals surface area (Å²) >= 11 is 0. The SMILES string of the molecule is CN1CC(C2C=CC3=C(CCCN3C(=N)C3=C(N[C@H]4CCOC4)CCN(C(=O)N(C)C)C3)C2)C=N1. The van der Waals surface area contributed by atoms with Crippen molar-refractivity contribution in [3.05, 3.63) is 34.7 Å². The summed E-state index contributed by atoms with van der Waals surface area (Å²) in [7, 11) is 5.61. The molecule has 2 unspecified atom stereocenters. The molecule has 35 heavy (non-hydrogen) atoms. The predicted octanol–water partition coefficient (Wildman–Crippen LogP) is 2.46. The number of ether oxygens (including phenoxy) is 1. The fourth-order valence-electron chi connectivity index (χ4n) is 5.89. The third kappa shape index (κ3) is 4.96. The normalized spacial score (nSPS) is 28.7.